The lowest BCUT2D eigenvalue weighted by molar-refractivity contribution is -0.137. The van der Waals surface area contributed by atoms with Crippen LogP contribution in [0.25, 0.3) is 0 Å². The molecule has 0 atom stereocenters. The highest BCUT2D eigenvalue weighted by Gasteiger charge is 2.34. The zero-order valence-electron chi connectivity index (χ0n) is 8.23. The van der Waals surface area contributed by atoms with Crippen molar-refractivity contribution in [2.75, 3.05) is 0 Å². The van der Waals surface area contributed by atoms with Gasteiger partial charge in [0.15, 0.2) is 5.78 Å². The standard InChI is InChI=1S/C10H8ClF3O2/c1-5(16)7-3-8(10(12,13)14)9(11)2-6(7)4-15/h2-3,15H,4H2,1H3. The first-order chi connectivity index (χ1) is 7.27. The van der Waals surface area contributed by atoms with Gasteiger partial charge in [-0.05, 0) is 24.6 Å². The first kappa shape index (κ1) is 13.0. The number of Topliss-reactive ketones (excluding diaryl/α,β-unsaturated/α-hetero) is 1. The Balaban J connectivity index is 3.45. The molecule has 16 heavy (non-hydrogen) atoms. The molecule has 1 rings (SSSR count). The SMILES string of the molecule is CC(=O)c1cc(C(F)(F)F)c(Cl)cc1CO. The summed E-state index contributed by atoms with van der Waals surface area (Å²) in [6, 6.07) is 1.62. The van der Waals surface area contributed by atoms with Crippen LogP contribution in [0.3, 0.4) is 0 Å². The molecule has 0 aromatic heterocycles. The molecule has 0 saturated carbocycles. The fourth-order valence-corrected chi connectivity index (χ4v) is 1.58. The normalized spacial score (nSPS) is 11.6. The van der Waals surface area contributed by atoms with Gasteiger partial charge < -0.3 is 5.11 Å². The summed E-state index contributed by atoms with van der Waals surface area (Å²) in [5, 5.41) is 8.37. The Morgan fingerprint density at radius 1 is 1.44 bits per heavy atom. The third kappa shape index (κ3) is 2.54. The number of alkyl halides is 3. The fraction of sp³-hybridized carbons (Fsp3) is 0.300. The van der Waals surface area contributed by atoms with E-state index in [2.05, 4.69) is 0 Å². The number of hydrogen-bond acceptors (Lipinski definition) is 2. The van der Waals surface area contributed by atoms with Gasteiger partial charge >= 0.3 is 6.18 Å². The number of aliphatic hydroxyl groups is 1. The molecule has 88 valence electrons. The number of aliphatic hydroxyl groups excluding tert-OH is 1. The molecule has 2 nitrogen and oxygen atoms in total. The number of benzene rings is 1. The predicted octanol–water partition coefficient (Wildman–Crippen LogP) is 3.05. The van der Waals surface area contributed by atoms with E-state index < -0.39 is 29.2 Å². The Hall–Kier alpha value is -1.07. The van der Waals surface area contributed by atoms with Crippen LogP contribution in [-0.4, -0.2) is 10.9 Å². The minimum absolute atomic E-state index is 0.0884. The average Bonchev–Trinajstić information content (AvgIpc) is 2.14. The zero-order valence-corrected chi connectivity index (χ0v) is 8.99. The Kier molecular flexibility index (Phi) is 3.60. The van der Waals surface area contributed by atoms with Crippen molar-refractivity contribution < 1.29 is 23.1 Å². The highest BCUT2D eigenvalue weighted by Crippen LogP contribution is 2.36. The molecule has 0 saturated heterocycles. The second-order valence-electron chi connectivity index (χ2n) is 3.20. The number of rotatable bonds is 2. The smallest absolute Gasteiger partial charge is 0.392 e. The third-order valence-corrected chi connectivity index (χ3v) is 2.36. The summed E-state index contributed by atoms with van der Waals surface area (Å²) in [6.45, 7) is 0.593. The minimum Gasteiger partial charge on any atom is -0.392 e. The molecule has 0 heterocycles. The van der Waals surface area contributed by atoms with Gasteiger partial charge in [0.05, 0.1) is 17.2 Å². The summed E-state index contributed by atoms with van der Waals surface area (Å²) in [6.07, 6.45) is -4.62. The highest BCUT2D eigenvalue weighted by atomic mass is 35.5. The Morgan fingerprint density at radius 3 is 2.38 bits per heavy atom. The molecule has 0 amide bonds. The van der Waals surface area contributed by atoms with Crippen molar-refractivity contribution >= 4 is 17.4 Å². The predicted molar refractivity (Wildman–Crippen MR) is 52.4 cm³/mol. The second kappa shape index (κ2) is 4.43. The van der Waals surface area contributed by atoms with E-state index in [1.807, 2.05) is 0 Å². The van der Waals surface area contributed by atoms with Crippen LogP contribution in [-0.2, 0) is 12.8 Å². The van der Waals surface area contributed by atoms with Crippen LogP contribution in [0.15, 0.2) is 12.1 Å². The summed E-state index contributed by atoms with van der Waals surface area (Å²) in [4.78, 5) is 11.1. The summed E-state index contributed by atoms with van der Waals surface area (Å²) in [5.74, 6) is -0.550. The van der Waals surface area contributed by atoms with Crippen LogP contribution in [0.2, 0.25) is 5.02 Å². The van der Waals surface area contributed by atoms with Crippen molar-refractivity contribution in [2.45, 2.75) is 19.7 Å². The van der Waals surface area contributed by atoms with Gasteiger partial charge in [-0.15, -0.1) is 0 Å². The lowest BCUT2D eigenvalue weighted by atomic mass is 10.0. The largest absolute Gasteiger partial charge is 0.417 e. The highest BCUT2D eigenvalue weighted by molar-refractivity contribution is 6.31. The Morgan fingerprint density at radius 2 is 2.00 bits per heavy atom. The van der Waals surface area contributed by atoms with Crippen LogP contribution >= 0.6 is 11.6 Å². The molecule has 0 unspecified atom stereocenters. The number of halogens is 4. The van der Waals surface area contributed by atoms with Gasteiger partial charge in [-0.1, -0.05) is 11.6 Å². The molecular formula is C10H8ClF3O2. The van der Waals surface area contributed by atoms with E-state index in [0.29, 0.717) is 6.07 Å². The van der Waals surface area contributed by atoms with E-state index in [9.17, 15) is 18.0 Å². The lowest BCUT2D eigenvalue weighted by Crippen LogP contribution is -2.10. The Labute approximate surface area is 94.6 Å². The fourth-order valence-electron chi connectivity index (χ4n) is 1.29. The molecule has 0 aliphatic rings. The molecule has 0 aliphatic carbocycles. The monoisotopic (exact) mass is 252 g/mol. The van der Waals surface area contributed by atoms with Gasteiger partial charge in [0, 0.05) is 5.56 Å². The summed E-state index contributed by atoms with van der Waals surface area (Å²) >= 11 is 5.43. The summed E-state index contributed by atoms with van der Waals surface area (Å²) in [5.41, 5.74) is -1.15. The zero-order chi connectivity index (χ0) is 12.5. The van der Waals surface area contributed by atoms with Gasteiger partial charge in [-0.2, -0.15) is 13.2 Å². The molecule has 0 bridgehead atoms. The Bertz CT molecular complexity index is 427. The quantitative estimate of drug-likeness (QED) is 0.822. The summed E-state index contributed by atoms with van der Waals surface area (Å²) < 4.78 is 37.4. The van der Waals surface area contributed by atoms with Gasteiger partial charge in [-0.3, -0.25) is 4.79 Å². The van der Waals surface area contributed by atoms with E-state index in [1.54, 1.807) is 0 Å². The van der Waals surface area contributed by atoms with Crippen LogP contribution in [0.4, 0.5) is 13.2 Å². The lowest BCUT2D eigenvalue weighted by Gasteiger charge is -2.12. The molecule has 0 fully saturated rings. The van der Waals surface area contributed by atoms with Crippen molar-refractivity contribution in [3.8, 4) is 0 Å². The first-order valence-electron chi connectivity index (χ1n) is 4.28. The van der Waals surface area contributed by atoms with E-state index in [4.69, 9.17) is 16.7 Å². The molecular weight excluding hydrogens is 245 g/mol. The number of carbonyl (C=O) groups excluding carboxylic acids is 1. The third-order valence-electron chi connectivity index (χ3n) is 2.05. The number of ketones is 1. The van der Waals surface area contributed by atoms with Crippen LogP contribution in [0, 0.1) is 0 Å². The van der Waals surface area contributed by atoms with Crippen LogP contribution < -0.4 is 0 Å². The molecule has 1 aromatic rings. The van der Waals surface area contributed by atoms with Gasteiger partial charge in [0.25, 0.3) is 0 Å². The van der Waals surface area contributed by atoms with Crippen molar-refractivity contribution in [1.29, 1.82) is 0 Å². The van der Waals surface area contributed by atoms with E-state index in [1.165, 1.54) is 0 Å². The molecule has 1 aromatic carbocycles. The number of carbonyl (C=O) groups is 1. The van der Waals surface area contributed by atoms with Gasteiger partial charge in [-0.25, -0.2) is 0 Å². The van der Waals surface area contributed by atoms with E-state index >= 15 is 0 Å². The molecule has 1 N–H and O–H groups in total. The van der Waals surface area contributed by atoms with Crippen LogP contribution in [0.1, 0.15) is 28.4 Å². The minimum atomic E-state index is -4.62. The van der Waals surface area contributed by atoms with E-state index in [-0.39, 0.29) is 11.1 Å². The van der Waals surface area contributed by atoms with Crippen molar-refractivity contribution in [3.05, 3.63) is 33.8 Å². The van der Waals surface area contributed by atoms with Crippen molar-refractivity contribution in [2.24, 2.45) is 0 Å². The first-order valence-corrected chi connectivity index (χ1v) is 4.66. The van der Waals surface area contributed by atoms with E-state index in [0.717, 1.165) is 13.0 Å². The topological polar surface area (TPSA) is 37.3 Å². The molecule has 0 radical (unpaired) electrons. The van der Waals surface area contributed by atoms with Crippen LogP contribution in [0.5, 0.6) is 0 Å². The maximum absolute atomic E-state index is 12.5. The average molecular weight is 253 g/mol. The van der Waals surface area contributed by atoms with Gasteiger partial charge in [0.2, 0.25) is 0 Å². The molecule has 0 spiro atoms. The van der Waals surface area contributed by atoms with Crippen molar-refractivity contribution in [1.82, 2.24) is 0 Å². The summed E-state index contributed by atoms with van der Waals surface area (Å²) in [7, 11) is 0. The number of hydrogen-bond donors (Lipinski definition) is 1. The van der Waals surface area contributed by atoms with Gasteiger partial charge in [0.1, 0.15) is 0 Å². The second-order valence-corrected chi connectivity index (χ2v) is 3.61. The maximum atomic E-state index is 12.5. The van der Waals surface area contributed by atoms with Crippen molar-refractivity contribution in [3.63, 3.8) is 0 Å². The molecule has 6 heteroatoms. The maximum Gasteiger partial charge on any atom is 0.417 e. The molecule has 0 aliphatic heterocycles.